The Labute approximate surface area is 171 Å². The Bertz CT molecular complexity index is 1130. The lowest BCUT2D eigenvalue weighted by Crippen LogP contribution is -2.26. The first-order chi connectivity index (χ1) is 14.2. The summed E-state index contributed by atoms with van der Waals surface area (Å²) in [5.74, 6) is 1.32. The maximum absolute atomic E-state index is 12.6. The fourth-order valence-corrected chi connectivity index (χ4v) is 3.53. The monoisotopic (exact) mass is 406 g/mol. The van der Waals surface area contributed by atoms with Gasteiger partial charge in [0, 0.05) is 25.5 Å². The number of nitrogens with zero attached hydrogens (tertiary/aromatic N) is 5. The molecule has 0 aliphatic heterocycles. The number of amides is 1. The zero-order valence-electron chi connectivity index (χ0n) is 15.6. The molecule has 9 heteroatoms. The first-order valence-corrected chi connectivity index (χ1v) is 9.92. The van der Waals surface area contributed by atoms with Gasteiger partial charge in [-0.25, -0.2) is 15.0 Å². The molecule has 1 amide bonds. The molecule has 0 bridgehead atoms. The van der Waals surface area contributed by atoms with Crippen LogP contribution >= 0.6 is 11.8 Å². The van der Waals surface area contributed by atoms with Gasteiger partial charge >= 0.3 is 0 Å². The Kier molecular flexibility index (Phi) is 5.66. The number of ether oxygens (including phenoxy) is 1. The number of nitrogens with one attached hydrogen (secondary N) is 1. The van der Waals surface area contributed by atoms with Crippen molar-refractivity contribution in [2.24, 2.45) is 7.05 Å². The van der Waals surface area contributed by atoms with Gasteiger partial charge in [0.25, 0.3) is 5.91 Å². The molecule has 8 nitrogen and oxygen atoms in total. The van der Waals surface area contributed by atoms with Gasteiger partial charge in [0.2, 0.25) is 5.88 Å². The zero-order chi connectivity index (χ0) is 20.1. The minimum absolute atomic E-state index is 0.237. The Morgan fingerprint density at radius 2 is 2.00 bits per heavy atom. The predicted octanol–water partition coefficient (Wildman–Crippen LogP) is 3.07. The smallest absolute Gasteiger partial charge is 0.256 e. The van der Waals surface area contributed by atoms with Gasteiger partial charge in [0.05, 0.1) is 11.6 Å². The van der Waals surface area contributed by atoms with Crippen molar-refractivity contribution in [3.63, 3.8) is 0 Å². The Morgan fingerprint density at radius 3 is 2.86 bits per heavy atom. The van der Waals surface area contributed by atoms with Gasteiger partial charge < -0.3 is 10.1 Å². The van der Waals surface area contributed by atoms with Crippen LogP contribution in [0.25, 0.3) is 11.0 Å². The highest BCUT2D eigenvalue weighted by atomic mass is 32.2. The molecule has 0 radical (unpaired) electrons. The maximum Gasteiger partial charge on any atom is 0.256 e. The van der Waals surface area contributed by atoms with Gasteiger partial charge in [-0.05, 0) is 24.3 Å². The van der Waals surface area contributed by atoms with E-state index in [4.69, 9.17) is 4.74 Å². The molecule has 3 heterocycles. The minimum atomic E-state index is -0.237. The molecule has 0 atom stereocenters. The Balaban J connectivity index is 1.36. The van der Waals surface area contributed by atoms with E-state index in [-0.39, 0.29) is 11.8 Å². The summed E-state index contributed by atoms with van der Waals surface area (Å²) in [5, 5.41) is 8.85. The molecule has 0 fully saturated rings. The molecule has 0 aliphatic carbocycles. The van der Waals surface area contributed by atoms with Crippen LogP contribution in [0.1, 0.15) is 10.4 Å². The molecule has 0 saturated carbocycles. The van der Waals surface area contributed by atoms with Crippen LogP contribution in [0.3, 0.4) is 0 Å². The average Bonchev–Trinajstić information content (AvgIpc) is 3.14. The molecule has 4 aromatic rings. The van der Waals surface area contributed by atoms with E-state index < -0.39 is 0 Å². The number of rotatable bonds is 7. The summed E-state index contributed by atoms with van der Waals surface area (Å²) in [6.07, 6.45) is 4.87. The number of thioether (sulfide) groups is 1. The van der Waals surface area contributed by atoms with Crippen molar-refractivity contribution in [2.75, 3.05) is 12.3 Å². The number of hydrogen-bond donors (Lipinski definition) is 1. The summed E-state index contributed by atoms with van der Waals surface area (Å²) in [6, 6.07) is 12.7. The zero-order valence-corrected chi connectivity index (χ0v) is 16.5. The Morgan fingerprint density at radius 1 is 1.14 bits per heavy atom. The first-order valence-electron chi connectivity index (χ1n) is 8.94. The number of para-hydroxylation sites is 1. The lowest BCUT2D eigenvalue weighted by molar-refractivity contribution is 0.0953. The second-order valence-electron chi connectivity index (χ2n) is 6.06. The summed E-state index contributed by atoms with van der Waals surface area (Å²) in [7, 11) is 1.84. The van der Waals surface area contributed by atoms with E-state index in [1.165, 1.54) is 6.33 Å². The van der Waals surface area contributed by atoms with E-state index in [1.54, 1.807) is 41.0 Å². The number of carbonyl (C=O) groups excluding carboxylic acids is 1. The number of hydrogen-bond acceptors (Lipinski definition) is 7. The number of aromatic nitrogens is 5. The fourth-order valence-electron chi connectivity index (χ4n) is 2.71. The van der Waals surface area contributed by atoms with E-state index in [1.807, 2.05) is 37.4 Å². The number of benzene rings is 1. The highest BCUT2D eigenvalue weighted by Crippen LogP contribution is 2.24. The van der Waals surface area contributed by atoms with Crippen molar-refractivity contribution in [1.29, 1.82) is 0 Å². The van der Waals surface area contributed by atoms with Crippen LogP contribution in [-0.4, -0.2) is 42.9 Å². The standard InChI is InChI=1S/C20H18N6O2S/c1-26-17-16(12-25-26)20(24-13-23-17)29-11-10-21-18(27)15-8-5-9-22-19(15)28-14-6-3-2-4-7-14/h2-9,12-13H,10-11H2,1H3,(H,21,27). The third-order valence-electron chi connectivity index (χ3n) is 4.09. The highest BCUT2D eigenvalue weighted by molar-refractivity contribution is 7.99. The van der Waals surface area contributed by atoms with Gasteiger partial charge in [0.1, 0.15) is 22.7 Å². The van der Waals surface area contributed by atoms with E-state index in [0.29, 0.717) is 23.6 Å². The van der Waals surface area contributed by atoms with Crippen molar-refractivity contribution in [1.82, 2.24) is 30.0 Å². The van der Waals surface area contributed by atoms with E-state index in [2.05, 4.69) is 25.4 Å². The molecule has 4 rings (SSSR count). The average molecular weight is 406 g/mol. The topological polar surface area (TPSA) is 94.8 Å². The summed E-state index contributed by atoms with van der Waals surface area (Å²) in [5.41, 5.74) is 1.17. The van der Waals surface area contributed by atoms with E-state index >= 15 is 0 Å². The lowest BCUT2D eigenvalue weighted by Gasteiger charge is -2.10. The normalized spacial score (nSPS) is 10.8. The van der Waals surface area contributed by atoms with Crippen LogP contribution in [0.4, 0.5) is 0 Å². The van der Waals surface area contributed by atoms with E-state index in [9.17, 15) is 4.79 Å². The number of carbonyl (C=O) groups is 1. The summed E-state index contributed by atoms with van der Waals surface area (Å²) in [4.78, 5) is 25.3. The number of fused-ring (bicyclic) bond motifs is 1. The molecular weight excluding hydrogens is 388 g/mol. The quantitative estimate of drug-likeness (QED) is 0.286. The van der Waals surface area contributed by atoms with Crippen LogP contribution in [-0.2, 0) is 7.05 Å². The molecule has 0 aliphatic rings. The third kappa shape index (κ3) is 4.35. The molecule has 0 saturated heterocycles. The second-order valence-corrected chi connectivity index (χ2v) is 7.14. The second kappa shape index (κ2) is 8.70. The predicted molar refractivity (Wildman–Crippen MR) is 110 cm³/mol. The van der Waals surface area contributed by atoms with Crippen LogP contribution in [0.5, 0.6) is 11.6 Å². The SMILES string of the molecule is Cn1ncc2c(SCCNC(=O)c3cccnc3Oc3ccccc3)ncnc21. The minimum Gasteiger partial charge on any atom is -0.438 e. The van der Waals surface area contributed by atoms with E-state index in [0.717, 1.165) is 16.1 Å². The largest absolute Gasteiger partial charge is 0.438 e. The van der Waals surface area contributed by atoms with Gasteiger partial charge in [-0.15, -0.1) is 11.8 Å². The lowest BCUT2D eigenvalue weighted by atomic mass is 10.2. The van der Waals surface area contributed by atoms with Crippen molar-refractivity contribution in [2.45, 2.75) is 5.03 Å². The molecule has 0 unspecified atom stereocenters. The van der Waals surface area contributed by atoms with Crippen molar-refractivity contribution in [3.05, 3.63) is 66.7 Å². The molecule has 3 aromatic heterocycles. The highest BCUT2D eigenvalue weighted by Gasteiger charge is 2.14. The van der Waals surface area contributed by atoms with Crippen LogP contribution < -0.4 is 10.1 Å². The summed E-state index contributed by atoms with van der Waals surface area (Å²) >= 11 is 1.54. The third-order valence-corrected chi connectivity index (χ3v) is 5.10. The Hall–Kier alpha value is -3.46. The fraction of sp³-hybridized carbons (Fsp3) is 0.150. The van der Waals surface area contributed by atoms with Crippen LogP contribution in [0, 0.1) is 0 Å². The number of pyridine rings is 1. The van der Waals surface area contributed by atoms with Crippen molar-refractivity contribution < 1.29 is 9.53 Å². The van der Waals surface area contributed by atoms with Crippen LogP contribution in [0.15, 0.2) is 66.2 Å². The molecule has 29 heavy (non-hydrogen) atoms. The maximum atomic E-state index is 12.6. The van der Waals surface area contributed by atoms with Crippen molar-refractivity contribution >= 4 is 28.7 Å². The molecule has 1 aromatic carbocycles. The first kappa shape index (κ1) is 18.9. The summed E-state index contributed by atoms with van der Waals surface area (Å²) < 4.78 is 7.46. The van der Waals surface area contributed by atoms with Gasteiger partial charge in [0.15, 0.2) is 5.65 Å². The van der Waals surface area contributed by atoms with Crippen LogP contribution in [0.2, 0.25) is 0 Å². The van der Waals surface area contributed by atoms with Crippen molar-refractivity contribution in [3.8, 4) is 11.6 Å². The molecule has 0 spiro atoms. The van der Waals surface area contributed by atoms with Gasteiger partial charge in [-0.2, -0.15) is 5.10 Å². The van der Waals surface area contributed by atoms with Gasteiger partial charge in [-0.3, -0.25) is 9.48 Å². The summed E-state index contributed by atoms with van der Waals surface area (Å²) in [6.45, 7) is 0.467. The molecule has 1 N–H and O–H groups in total. The molecular formula is C20H18N6O2S. The van der Waals surface area contributed by atoms with Gasteiger partial charge in [-0.1, -0.05) is 18.2 Å². The molecule has 146 valence electrons. The number of aryl methyl sites for hydroxylation is 1.